The van der Waals surface area contributed by atoms with Crippen molar-refractivity contribution in [3.63, 3.8) is 0 Å². The molecule has 24 heavy (non-hydrogen) atoms. The average molecular weight is 316 g/mol. The van der Waals surface area contributed by atoms with E-state index in [4.69, 9.17) is 0 Å². The minimum absolute atomic E-state index is 0.551. The van der Waals surface area contributed by atoms with E-state index in [-0.39, 0.29) is 0 Å². The van der Waals surface area contributed by atoms with E-state index in [1.807, 2.05) is 24.7 Å². The molecule has 0 aliphatic heterocycles. The van der Waals surface area contributed by atoms with Crippen LogP contribution >= 0.6 is 0 Å². The molecule has 4 rings (SSSR count). The fourth-order valence-corrected chi connectivity index (χ4v) is 3.03. The summed E-state index contributed by atoms with van der Waals surface area (Å²) in [5.41, 5.74) is 3.39. The smallest absolute Gasteiger partial charge is 0.137 e. The number of pyridine rings is 2. The third kappa shape index (κ3) is 3.23. The second-order valence-electron chi connectivity index (χ2n) is 6.13. The van der Waals surface area contributed by atoms with Gasteiger partial charge in [-0.3, -0.25) is 0 Å². The molecule has 0 radical (unpaired) electrons. The van der Waals surface area contributed by atoms with Crippen molar-refractivity contribution >= 4 is 16.9 Å². The van der Waals surface area contributed by atoms with Gasteiger partial charge in [0.15, 0.2) is 0 Å². The Morgan fingerprint density at radius 3 is 3.00 bits per heavy atom. The maximum atomic E-state index is 4.54. The van der Waals surface area contributed by atoms with Crippen molar-refractivity contribution in [1.29, 1.82) is 0 Å². The number of nitrogens with zero attached hydrogens (tertiary/aromatic N) is 2. The van der Waals surface area contributed by atoms with Crippen molar-refractivity contribution in [3.05, 3.63) is 78.3 Å². The fraction of sp³-hybridized carbons (Fsp3) is 0.200. The molecule has 4 nitrogen and oxygen atoms in total. The first-order valence-electron chi connectivity index (χ1n) is 8.31. The van der Waals surface area contributed by atoms with Gasteiger partial charge in [-0.1, -0.05) is 30.4 Å². The van der Waals surface area contributed by atoms with E-state index < -0.39 is 0 Å². The summed E-state index contributed by atoms with van der Waals surface area (Å²) in [6.45, 7) is 0.918. The molecule has 1 unspecified atom stereocenters. The zero-order valence-electron chi connectivity index (χ0n) is 13.4. The van der Waals surface area contributed by atoms with Crippen molar-refractivity contribution in [2.45, 2.75) is 12.8 Å². The number of H-pyrrole nitrogens is 1. The molecular formula is C20H20N4. The molecule has 1 aliphatic rings. The number of rotatable bonds is 5. The van der Waals surface area contributed by atoms with Crippen LogP contribution in [0.2, 0.25) is 0 Å². The second kappa shape index (κ2) is 6.71. The van der Waals surface area contributed by atoms with Crippen LogP contribution in [0.4, 0.5) is 5.82 Å². The Hall–Kier alpha value is -2.88. The van der Waals surface area contributed by atoms with Crippen LogP contribution in [0.25, 0.3) is 11.0 Å². The molecule has 3 aromatic heterocycles. The van der Waals surface area contributed by atoms with Gasteiger partial charge in [0.25, 0.3) is 0 Å². The largest absolute Gasteiger partial charge is 0.369 e. The Bertz CT molecular complexity index is 874. The van der Waals surface area contributed by atoms with E-state index in [0.29, 0.717) is 5.92 Å². The maximum Gasteiger partial charge on any atom is 0.137 e. The predicted octanol–water partition coefficient (Wildman–Crippen LogP) is 4.09. The number of aromatic amines is 1. The van der Waals surface area contributed by atoms with Crippen LogP contribution in [-0.2, 0) is 6.42 Å². The highest BCUT2D eigenvalue weighted by Crippen LogP contribution is 2.19. The van der Waals surface area contributed by atoms with Crippen LogP contribution in [0.5, 0.6) is 0 Å². The van der Waals surface area contributed by atoms with E-state index in [2.05, 4.69) is 62.8 Å². The van der Waals surface area contributed by atoms with Gasteiger partial charge in [-0.05, 0) is 41.7 Å². The number of fused-ring (bicyclic) bond motifs is 1. The number of aromatic nitrogens is 3. The molecule has 0 bridgehead atoms. The highest BCUT2D eigenvalue weighted by molar-refractivity contribution is 5.79. The highest BCUT2D eigenvalue weighted by Gasteiger charge is 2.07. The number of hydrogen-bond acceptors (Lipinski definition) is 3. The summed E-state index contributed by atoms with van der Waals surface area (Å²) in [4.78, 5) is 12.1. The molecule has 0 aromatic carbocycles. The van der Waals surface area contributed by atoms with Crippen molar-refractivity contribution in [2.24, 2.45) is 5.92 Å². The van der Waals surface area contributed by atoms with E-state index in [9.17, 15) is 0 Å². The molecule has 120 valence electrons. The summed E-state index contributed by atoms with van der Waals surface area (Å²) in [7, 11) is 0. The lowest BCUT2D eigenvalue weighted by atomic mass is 10.0. The van der Waals surface area contributed by atoms with Gasteiger partial charge in [0.2, 0.25) is 0 Å². The molecule has 1 atom stereocenters. The molecule has 0 saturated carbocycles. The van der Waals surface area contributed by atoms with Gasteiger partial charge < -0.3 is 10.3 Å². The summed E-state index contributed by atoms with van der Waals surface area (Å²) in [6.07, 6.45) is 16.4. The summed E-state index contributed by atoms with van der Waals surface area (Å²) in [5.74, 6) is 1.48. The first kappa shape index (κ1) is 14.7. The third-order valence-electron chi connectivity index (χ3n) is 4.37. The lowest BCUT2D eigenvalue weighted by molar-refractivity contribution is 0.690. The van der Waals surface area contributed by atoms with Crippen molar-refractivity contribution < 1.29 is 0 Å². The quantitative estimate of drug-likeness (QED) is 0.745. The minimum Gasteiger partial charge on any atom is -0.369 e. The van der Waals surface area contributed by atoms with Gasteiger partial charge in [-0.25, -0.2) is 9.97 Å². The number of anilines is 1. The van der Waals surface area contributed by atoms with Crippen molar-refractivity contribution in [3.8, 4) is 0 Å². The summed E-state index contributed by atoms with van der Waals surface area (Å²) in [6, 6.07) is 8.27. The zero-order valence-corrected chi connectivity index (χ0v) is 13.4. The predicted molar refractivity (Wildman–Crippen MR) is 98.0 cm³/mol. The van der Waals surface area contributed by atoms with Crippen molar-refractivity contribution in [1.82, 2.24) is 15.0 Å². The Labute approximate surface area is 141 Å². The molecule has 3 heterocycles. The summed E-state index contributed by atoms with van der Waals surface area (Å²) >= 11 is 0. The Balaban J connectivity index is 1.40. The Kier molecular flexibility index (Phi) is 4.11. The molecule has 0 spiro atoms. The van der Waals surface area contributed by atoms with Gasteiger partial charge in [0.1, 0.15) is 11.5 Å². The SMILES string of the molecule is C1=CCC(CNc2ccc(Cc3c[nH]c4ncccc34)cn2)C=C1. The number of nitrogens with one attached hydrogen (secondary N) is 2. The van der Waals surface area contributed by atoms with Crippen LogP contribution in [0.15, 0.2) is 67.2 Å². The topological polar surface area (TPSA) is 53.6 Å². The molecule has 0 amide bonds. The second-order valence-corrected chi connectivity index (χ2v) is 6.13. The number of hydrogen-bond donors (Lipinski definition) is 2. The molecule has 0 saturated heterocycles. The molecule has 4 heteroatoms. The van der Waals surface area contributed by atoms with Gasteiger partial charge >= 0.3 is 0 Å². The number of allylic oxidation sites excluding steroid dienone is 3. The fourth-order valence-electron chi connectivity index (χ4n) is 3.03. The van der Waals surface area contributed by atoms with E-state index in [0.717, 1.165) is 30.9 Å². The van der Waals surface area contributed by atoms with Gasteiger partial charge in [0.05, 0.1) is 0 Å². The van der Waals surface area contributed by atoms with Gasteiger partial charge in [-0.2, -0.15) is 0 Å². The van der Waals surface area contributed by atoms with E-state index >= 15 is 0 Å². The molecule has 2 N–H and O–H groups in total. The van der Waals surface area contributed by atoms with E-state index in [1.54, 1.807) is 0 Å². The molecule has 0 fully saturated rings. The zero-order chi connectivity index (χ0) is 16.2. The van der Waals surface area contributed by atoms with Gasteiger partial charge in [-0.15, -0.1) is 0 Å². The Morgan fingerprint density at radius 2 is 2.17 bits per heavy atom. The first-order chi connectivity index (χ1) is 11.9. The van der Waals surface area contributed by atoms with Crippen LogP contribution in [-0.4, -0.2) is 21.5 Å². The van der Waals surface area contributed by atoms with Crippen LogP contribution in [0.1, 0.15) is 17.5 Å². The molecule has 1 aliphatic carbocycles. The monoisotopic (exact) mass is 316 g/mol. The lowest BCUT2D eigenvalue weighted by Gasteiger charge is -2.14. The van der Waals surface area contributed by atoms with Crippen LogP contribution < -0.4 is 5.32 Å². The lowest BCUT2D eigenvalue weighted by Crippen LogP contribution is -2.13. The average Bonchev–Trinajstić information content (AvgIpc) is 3.05. The Morgan fingerprint density at radius 1 is 1.17 bits per heavy atom. The maximum absolute atomic E-state index is 4.54. The summed E-state index contributed by atoms with van der Waals surface area (Å²) in [5, 5.41) is 4.60. The standard InChI is InChI=1S/C20H20N4/c1-2-5-15(6-3-1)12-22-19-9-8-16(13-23-19)11-17-14-24-20-18(17)7-4-10-21-20/h1-5,7-10,13-15H,6,11-12H2,(H,21,24)(H,22,23). The van der Waals surface area contributed by atoms with E-state index in [1.165, 1.54) is 16.5 Å². The highest BCUT2D eigenvalue weighted by atomic mass is 15.0. The van der Waals surface area contributed by atoms with Gasteiger partial charge in [0, 0.05) is 36.9 Å². The first-order valence-corrected chi connectivity index (χ1v) is 8.31. The third-order valence-corrected chi connectivity index (χ3v) is 4.37. The normalized spacial score (nSPS) is 16.6. The van der Waals surface area contributed by atoms with Crippen molar-refractivity contribution in [2.75, 3.05) is 11.9 Å². The van der Waals surface area contributed by atoms with Crippen LogP contribution in [0, 0.1) is 5.92 Å². The molecular weight excluding hydrogens is 296 g/mol. The minimum atomic E-state index is 0.551. The molecule has 3 aromatic rings. The summed E-state index contributed by atoms with van der Waals surface area (Å²) < 4.78 is 0. The van der Waals surface area contributed by atoms with Crippen LogP contribution in [0.3, 0.4) is 0 Å².